The van der Waals surface area contributed by atoms with Crippen LogP contribution in [0.2, 0.25) is 6.32 Å². The summed E-state index contributed by atoms with van der Waals surface area (Å²) < 4.78 is 10.4. The number of fused-ring (bicyclic) bond motifs is 1. The number of hydrogen-bond acceptors (Lipinski definition) is 7. The summed E-state index contributed by atoms with van der Waals surface area (Å²) in [7, 11) is 0.883. The number of rotatable bonds is 3. The van der Waals surface area contributed by atoms with Crippen LogP contribution in [0, 0.1) is 5.92 Å². The molecule has 2 saturated heterocycles. The quantitative estimate of drug-likeness (QED) is 0.511. The van der Waals surface area contributed by atoms with Crippen LogP contribution >= 0.6 is 0 Å². The molecule has 0 bridgehead atoms. The van der Waals surface area contributed by atoms with E-state index in [1.165, 1.54) is 12.0 Å². The van der Waals surface area contributed by atoms with Gasteiger partial charge in [0.05, 0.1) is 6.61 Å². The lowest BCUT2D eigenvalue weighted by atomic mass is 9.75. The highest BCUT2D eigenvalue weighted by Gasteiger charge is 2.53. The minimum absolute atomic E-state index is 0.0550. The molecule has 2 aliphatic heterocycles. The molecule has 118 valence electrons. The second kappa shape index (κ2) is 6.31. The van der Waals surface area contributed by atoms with Gasteiger partial charge in [0.1, 0.15) is 11.6 Å². The van der Waals surface area contributed by atoms with Crippen molar-refractivity contribution in [2.24, 2.45) is 17.4 Å². The van der Waals surface area contributed by atoms with Crippen LogP contribution in [0.25, 0.3) is 0 Å². The van der Waals surface area contributed by atoms with Crippen molar-refractivity contribution in [2.75, 3.05) is 26.8 Å². The topological polar surface area (TPSA) is 128 Å². The first-order valence-corrected chi connectivity index (χ1v) is 7.10. The highest BCUT2D eigenvalue weighted by Crippen LogP contribution is 2.33. The maximum absolute atomic E-state index is 12.3. The monoisotopic (exact) mass is 299 g/mol. The third-order valence-electron chi connectivity index (χ3n) is 4.32. The molecule has 0 radical (unpaired) electrons. The third kappa shape index (κ3) is 3.05. The van der Waals surface area contributed by atoms with Gasteiger partial charge in [-0.15, -0.1) is 0 Å². The van der Waals surface area contributed by atoms with Crippen molar-refractivity contribution in [1.82, 2.24) is 4.90 Å². The lowest BCUT2D eigenvalue weighted by molar-refractivity contribution is -0.143. The van der Waals surface area contributed by atoms with Gasteiger partial charge in [-0.2, -0.15) is 0 Å². The van der Waals surface area contributed by atoms with Gasteiger partial charge in [-0.3, -0.25) is 9.59 Å². The number of carbonyl (C=O) groups excluding carboxylic acids is 2. The number of nitrogens with two attached hydrogens (primary N) is 2. The SMILES string of the molecule is COB1CCCC2CN(C(=O)[C@@H](N)CO)C[C@@]2(N)C(=O)O1. The predicted octanol–water partition coefficient (Wildman–Crippen LogP) is -2.07. The van der Waals surface area contributed by atoms with Crippen molar-refractivity contribution in [1.29, 1.82) is 0 Å². The second-order valence-corrected chi connectivity index (χ2v) is 5.75. The Bertz CT molecular complexity index is 424. The van der Waals surface area contributed by atoms with Gasteiger partial charge in [-0.1, -0.05) is 6.42 Å². The van der Waals surface area contributed by atoms with Crippen molar-refractivity contribution in [2.45, 2.75) is 30.7 Å². The summed E-state index contributed by atoms with van der Waals surface area (Å²) in [6.07, 6.45) is 2.12. The molecule has 5 N–H and O–H groups in total. The summed E-state index contributed by atoms with van der Waals surface area (Å²) in [6, 6.07) is -0.985. The minimum Gasteiger partial charge on any atom is -0.508 e. The second-order valence-electron chi connectivity index (χ2n) is 5.75. The molecule has 21 heavy (non-hydrogen) atoms. The van der Waals surface area contributed by atoms with E-state index in [0.717, 1.165) is 6.42 Å². The summed E-state index contributed by atoms with van der Waals surface area (Å²) >= 11 is 0. The minimum atomic E-state index is -1.23. The average Bonchev–Trinajstić information content (AvgIpc) is 2.81. The first-order valence-electron chi connectivity index (χ1n) is 7.10. The number of aliphatic hydroxyl groups excluding tert-OH is 1. The maximum Gasteiger partial charge on any atom is 0.527 e. The van der Waals surface area contributed by atoms with Crippen molar-refractivity contribution >= 4 is 19.0 Å². The molecule has 1 unspecified atom stereocenters. The Morgan fingerprint density at radius 2 is 2.43 bits per heavy atom. The van der Waals surface area contributed by atoms with E-state index < -0.39 is 37.2 Å². The Morgan fingerprint density at radius 1 is 1.71 bits per heavy atom. The molecule has 8 nitrogen and oxygen atoms in total. The van der Waals surface area contributed by atoms with Crippen molar-refractivity contribution < 1.29 is 24.0 Å². The van der Waals surface area contributed by atoms with Gasteiger partial charge in [0.25, 0.3) is 0 Å². The number of nitrogens with zero attached hydrogens (tertiary/aromatic N) is 1. The van der Waals surface area contributed by atoms with Crippen LogP contribution in [0.4, 0.5) is 0 Å². The number of amides is 1. The van der Waals surface area contributed by atoms with Crippen LogP contribution in [0.3, 0.4) is 0 Å². The van der Waals surface area contributed by atoms with Crippen molar-refractivity contribution in [3.8, 4) is 0 Å². The number of carbonyl (C=O) groups is 2. The van der Waals surface area contributed by atoms with Gasteiger partial charge in [0.15, 0.2) is 0 Å². The van der Waals surface area contributed by atoms with Crippen LogP contribution < -0.4 is 11.5 Å². The van der Waals surface area contributed by atoms with E-state index in [1.807, 2.05) is 0 Å². The Balaban J connectivity index is 2.15. The van der Waals surface area contributed by atoms with E-state index >= 15 is 0 Å². The Hall–Kier alpha value is -1.16. The van der Waals surface area contributed by atoms with Crippen LogP contribution in [-0.4, -0.2) is 67.4 Å². The number of likely N-dealkylation sites (tertiary alicyclic amines) is 1. The van der Waals surface area contributed by atoms with Gasteiger partial charge in [0, 0.05) is 26.1 Å². The van der Waals surface area contributed by atoms with Gasteiger partial charge in [0.2, 0.25) is 5.91 Å². The number of aliphatic hydroxyl groups is 1. The van der Waals surface area contributed by atoms with E-state index in [1.54, 1.807) is 0 Å². The van der Waals surface area contributed by atoms with E-state index in [4.69, 9.17) is 25.9 Å². The molecule has 0 spiro atoms. The molecular weight excluding hydrogens is 277 g/mol. The Labute approximate surface area is 123 Å². The van der Waals surface area contributed by atoms with E-state index in [9.17, 15) is 9.59 Å². The maximum atomic E-state index is 12.3. The van der Waals surface area contributed by atoms with Crippen LogP contribution in [-0.2, 0) is 18.9 Å². The molecule has 2 aliphatic rings. The first-order chi connectivity index (χ1) is 9.92. The predicted molar refractivity (Wildman–Crippen MR) is 74.9 cm³/mol. The Morgan fingerprint density at radius 3 is 3.05 bits per heavy atom. The zero-order valence-electron chi connectivity index (χ0n) is 12.2. The number of hydrogen-bond donors (Lipinski definition) is 3. The molecule has 0 aromatic heterocycles. The van der Waals surface area contributed by atoms with E-state index in [0.29, 0.717) is 19.3 Å². The Kier molecular flexibility index (Phi) is 4.87. The van der Waals surface area contributed by atoms with Crippen LogP contribution in [0.5, 0.6) is 0 Å². The molecule has 0 aromatic rings. The van der Waals surface area contributed by atoms with Crippen molar-refractivity contribution in [3.63, 3.8) is 0 Å². The molecule has 2 heterocycles. The van der Waals surface area contributed by atoms with Gasteiger partial charge in [-0.05, 0) is 12.7 Å². The standard InChI is InChI=1S/C12H22BN3O5/c1-20-13-4-2-3-8-5-16(10(18)9(14)6-17)7-12(8,15)11(19)21-13/h8-9,17H,2-7,14-15H2,1H3/t8?,9-,12-/m0/s1. The zero-order chi connectivity index (χ0) is 15.6. The lowest BCUT2D eigenvalue weighted by Crippen LogP contribution is -2.58. The highest BCUT2D eigenvalue weighted by atomic mass is 16.6. The normalized spacial score (nSPS) is 31.2. The fourth-order valence-corrected chi connectivity index (χ4v) is 2.98. The average molecular weight is 299 g/mol. The summed E-state index contributed by atoms with van der Waals surface area (Å²) in [5.41, 5.74) is 10.6. The van der Waals surface area contributed by atoms with Crippen LogP contribution in [0.1, 0.15) is 12.8 Å². The zero-order valence-corrected chi connectivity index (χ0v) is 12.2. The molecule has 0 saturated carbocycles. The molecule has 0 aromatic carbocycles. The largest absolute Gasteiger partial charge is 0.527 e. The molecule has 3 atom stereocenters. The van der Waals surface area contributed by atoms with Gasteiger partial charge in [-0.25, -0.2) is 0 Å². The summed E-state index contributed by atoms with van der Waals surface area (Å²) in [6.45, 7) is -0.0248. The van der Waals surface area contributed by atoms with Crippen molar-refractivity contribution in [3.05, 3.63) is 0 Å². The summed E-state index contributed by atoms with van der Waals surface area (Å²) in [5, 5.41) is 8.98. The molecule has 0 aliphatic carbocycles. The summed E-state index contributed by atoms with van der Waals surface area (Å²) in [5.74, 6) is -1.12. The third-order valence-corrected chi connectivity index (χ3v) is 4.32. The fraction of sp³-hybridized carbons (Fsp3) is 0.833. The lowest BCUT2D eigenvalue weighted by Gasteiger charge is -2.31. The smallest absolute Gasteiger partial charge is 0.508 e. The van der Waals surface area contributed by atoms with Crippen LogP contribution in [0.15, 0.2) is 0 Å². The molecule has 9 heteroatoms. The molecule has 2 rings (SSSR count). The van der Waals surface area contributed by atoms with Gasteiger partial charge < -0.3 is 30.8 Å². The summed E-state index contributed by atoms with van der Waals surface area (Å²) in [4.78, 5) is 25.8. The van der Waals surface area contributed by atoms with E-state index in [2.05, 4.69) is 0 Å². The molecule has 2 fully saturated rings. The highest BCUT2D eigenvalue weighted by molar-refractivity contribution is 6.47. The van der Waals surface area contributed by atoms with E-state index in [-0.39, 0.29) is 12.5 Å². The fourth-order valence-electron chi connectivity index (χ4n) is 2.98. The van der Waals surface area contributed by atoms with Gasteiger partial charge >= 0.3 is 13.1 Å². The molecular formula is C12H22BN3O5. The first kappa shape index (κ1) is 16.2. The molecule has 1 amide bonds.